The van der Waals surface area contributed by atoms with Gasteiger partial charge in [-0.2, -0.15) is 0 Å². The summed E-state index contributed by atoms with van der Waals surface area (Å²) in [6.07, 6.45) is 6.29. The Kier molecular flexibility index (Phi) is 4.02. The van der Waals surface area contributed by atoms with Crippen molar-refractivity contribution in [1.29, 1.82) is 0 Å². The van der Waals surface area contributed by atoms with Crippen molar-refractivity contribution in [2.75, 3.05) is 0 Å². The van der Waals surface area contributed by atoms with Crippen molar-refractivity contribution in [2.24, 2.45) is 0 Å². The van der Waals surface area contributed by atoms with Gasteiger partial charge in [-0.15, -0.1) is 11.3 Å². The van der Waals surface area contributed by atoms with Gasteiger partial charge in [0.05, 0.1) is 23.9 Å². The van der Waals surface area contributed by atoms with Gasteiger partial charge in [0, 0.05) is 11.6 Å². The first-order valence-electron chi connectivity index (χ1n) is 6.42. The minimum absolute atomic E-state index is 0.176. The number of thiophene rings is 1. The molecule has 0 saturated heterocycles. The van der Waals surface area contributed by atoms with Gasteiger partial charge in [0.25, 0.3) is 0 Å². The minimum Gasteiger partial charge on any atom is -0.472 e. The number of rotatable bonds is 5. The second-order valence-corrected chi connectivity index (χ2v) is 5.30. The van der Waals surface area contributed by atoms with Crippen LogP contribution in [0.3, 0.4) is 0 Å². The van der Waals surface area contributed by atoms with Crippen LogP contribution in [0.5, 0.6) is 0 Å². The third-order valence-corrected chi connectivity index (χ3v) is 3.72. The molecule has 106 valence electrons. The molecule has 0 unspecified atom stereocenters. The van der Waals surface area contributed by atoms with E-state index in [4.69, 9.17) is 8.83 Å². The molecule has 5 heteroatoms. The maximum atomic E-state index is 11.7. The van der Waals surface area contributed by atoms with Crippen molar-refractivity contribution in [2.45, 2.75) is 6.54 Å². The molecule has 0 fully saturated rings. The Morgan fingerprint density at radius 2 is 2.24 bits per heavy atom. The van der Waals surface area contributed by atoms with Crippen molar-refractivity contribution in [3.8, 4) is 10.6 Å². The highest BCUT2D eigenvalue weighted by Crippen LogP contribution is 2.26. The van der Waals surface area contributed by atoms with E-state index in [9.17, 15) is 4.79 Å². The highest BCUT2D eigenvalue weighted by molar-refractivity contribution is 7.13. The lowest BCUT2D eigenvalue weighted by atomic mass is 10.3. The summed E-state index contributed by atoms with van der Waals surface area (Å²) in [6.45, 7) is 0.361. The fourth-order valence-corrected chi connectivity index (χ4v) is 2.49. The van der Waals surface area contributed by atoms with Gasteiger partial charge in [-0.25, -0.2) is 0 Å². The topological polar surface area (TPSA) is 55.4 Å². The zero-order chi connectivity index (χ0) is 14.5. The normalized spacial score (nSPS) is 11.0. The summed E-state index contributed by atoms with van der Waals surface area (Å²) in [4.78, 5) is 12.8. The minimum atomic E-state index is -0.176. The fourth-order valence-electron chi connectivity index (χ4n) is 1.80. The first-order valence-corrected chi connectivity index (χ1v) is 7.30. The fraction of sp³-hybridized carbons (Fsp3) is 0.0625. The van der Waals surface area contributed by atoms with Gasteiger partial charge in [0.2, 0.25) is 5.91 Å². The summed E-state index contributed by atoms with van der Waals surface area (Å²) in [6, 6.07) is 9.54. The van der Waals surface area contributed by atoms with Gasteiger partial charge >= 0.3 is 0 Å². The van der Waals surface area contributed by atoms with Crippen molar-refractivity contribution < 1.29 is 13.6 Å². The van der Waals surface area contributed by atoms with E-state index in [0.717, 1.165) is 22.0 Å². The van der Waals surface area contributed by atoms with Crippen LogP contribution >= 0.6 is 11.3 Å². The lowest BCUT2D eigenvalue weighted by Crippen LogP contribution is -2.19. The summed E-state index contributed by atoms with van der Waals surface area (Å²) in [7, 11) is 0. The zero-order valence-electron chi connectivity index (χ0n) is 11.1. The highest BCUT2D eigenvalue weighted by atomic mass is 32.1. The molecule has 4 nitrogen and oxygen atoms in total. The van der Waals surface area contributed by atoms with E-state index < -0.39 is 0 Å². The van der Waals surface area contributed by atoms with Crippen molar-refractivity contribution >= 4 is 23.3 Å². The highest BCUT2D eigenvalue weighted by Gasteiger charge is 2.06. The summed E-state index contributed by atoms with van der Waals surface area (Å²) < 4.78 is 10.6. The zero-order valence-corrected chi connectivity index (χ0v) is 11.9. The molecule has 0 radical (unpaired) electrons. The molecule has 3 aromatic rings. The number of amides is 1. The quantitative estimate of drug-likeness (QED) is 0.726. The molecule has 0 aromatic carbocycles. The van der Waals surface area contributed by atoms with Crippen LogP contribution in [0.15, 0.2) is 63.1 Å². The maximum absolute atomic E-state index is 11.7. The van der Waals surface area contributed by atoms with E-state index in [-0.39, 0.29) is 5.91 Å². The molecule has 21 heavy (non-hydrogen) atoms. The number of hydrogen-bond donors (Lipinski definition) is 1. The number of carbonyl (C=O) groups excluding carboxylic acids is 1. The molecule has 0 atom stereocenters. The second-order valence-electron chi connectivity index (χ2n) is 4.35. The standard InChI is InChI=1S/C16H13NO3S/c18-16(6-3-12-7-8-19-11-12)17-10-13-4-5-14(20-13)15-2-1-9-21-15/h1-9,11H,10H2,(H,17,18)/b6-3+. The molecule has 0 spiro atoms. The molecule has 1 N–H and O–H groups in total. The molecule has 3 heterocycles. The molecule has 3 aromatic heterocycles. The Balaban J connectivity index is 1.54. The average molecular weight is 299 g/mol. The largest absolute Gasteiger partial charge is 0.472 e. The number of hydrogen-bond acceptors (Lipinski definition) is 4. The van der Waals surface area contributed by atoms with E-state index >= 15 is 0 Å². The lowest BCUT2D eigenvalue weighted by molar-refractivity contribution is -0.116. The van der Waals surface area contributed by atoms with Gasteiger partial charge in [-0.3, -0.25) is 4.79 Å². The molecule has 0 bridgehead atoms. The van der Waals surface area contributed by atoms with E-state index in [1.165, 1.54) is 6.08 Å². The average Bonchev–Trinajstić information content (AvgIpc) is 3.24. The van der Waals surface area contributed by atoms with E-state index in [2.05, 4.69) is 5.32 Å². The van der Waals surface area contributed by atoms with Gasteiger partial charge in [0.15, 0.2) is 0 Å². The van der Waals surface area contributed by atoms with Crippen LogP contribution in [-0.4, -0.2) is 5.91 Å². The van der Waals surface area contributed by atoms with Crippen LogP contribution in [0.2, 0.25) is 0 Å². The Morgan fingerprint density at radius 3 is 3.00 bits per heavy atom. The van der Waals surface area contributed by atoms with Crippen LogP contribution in [-0.2, 0) is 11.3 Å². The van der Waals surface area contributed by atoms with Crippen LogP contribution in [0, 0.1) is 0 Å². The molecule has 0 aliphatic heterocycles. The van der Waals surface area contributed by atoms with Crippen molar-refractivity contribution in [3.05, 3.63) is 65.6 Å². The van der Waals surface area contributed by atoms with Crippen LogP contribution in [0.25, 0.3) is 16.7 Å². The van der Waals surface area contributed by atoms with Gasteiger partial charge < -0.3 is 14.2 Å². The van der Waals surface area contributed by atoms with Crippen LogP contribution < -0.4 is 5.32 Å². The first-order chi connectivity index (χ1) is 10.3. The molecule has 3 rings (SSSR count). The van der Waals surface area contributed by atoms with Gasteiger partial charge in [0.1, 0.15) is 11.5 Å². The van der Waals surface area contributed by atoms with Crippen molar-refractivity contribution in [1.82, 2.24) is 5.32 Å². The first kappa shape index (κ1) is 13.5. The molecule has 0 saturated carbocycles. The summed E-state index contributed by atoms with van der Waals surface area (Å²) >= 11 is 1.62. The Hall–Kier alpha value is -2.53. The monoisotopic (exact) mass is 299 g/mol. The number of furan rings is 2. The second kappa shape index (κ2) is 6.28. The Bertz CT molecular complexity index is 724. The van der Waals surface area contributed by atoms with Gasteiger partial charge in [-0.05, 0) is 35.7 Å². The van der Waals surface area contributed by atoms with E-state index in [1.54, 1.807) is 36.0 Å². The summed E-state index contributed by atoms with van der Waals surface area (Å²) in [5.74, 6) is 1.37. The van der Waals surface area contributed by atoms with E-state index in [0.29, 0.717) is 6.54 Å². The molecule has 1 amide bonds. The molecule has 0 aliphatic carbocycles. The van der Waals surface area contributed by atoms with Crippen LogP contribution in [0.1, 0.15) is 11.3 Å². The molecular weight excluding hydrogens is 286 g/mol. The smallest absolute Gasteiger partial charge is 0.244 e. The van der Waals surface area contributed by atoms with Gasteiger partial charge in [-0.1, -0.05) is 6.07 Å². The van der Waals surface area contributed by atoms with Crippen LogP contribution in [0.4, 0.5) is 0 Å². The Morgan fingerprint density at radius 1 is 1.29 bits per heavy atom. The molecule has 0 aliphatic rings. The predicted octanol–water partition coefficient (Wildman–Crippen LogP) is 3.93. The van der Waals surface area contributed by atoms with E-state index in [1.807, 2.05) is 29.6 Å². The summed E-state index contributed by atoms with van der Waals surface area (Å²) in [5.41, 5.74) is 0.850. The Labute approximate surface area is 125 Å². The van der Waals surface area contributed by atoms with Crippen molar-refractivity contribution in [3.63, 3.8) is 0 Å². The number of nitrogens with one attached hydrogen (secondary N) is 1. The maximum Gasteiger partial charge on any atom is 0.244 e. The third kappa shape index (κ3) is 3.52. The SMILES string of the molecule is O=C(/C=C/c1ccoc1)NCc1ccc(-c2cccs2)o1. The third-order valence-electron chi connectivity index (χ3n) is 2.83. The molecular formula is C16H13NO3S. The number of carbonyl (C=O) groups is 1. The lowest BCUT2D eigenvalue weighted by Gasteiger charge is -1.98. The predicted molar refractivity (Wildman–Crippen MR) is 81.6 cm³/mol. The summed E-state index contributed by atoms with van der Waals surface area (Å²) in [5, 5.41) is 4.77.